The Morgan fingerprint density at radius 2 is 1.85 bits per heavy atom. The zero-order chi connectivity index (χ0) is 18.4. The van der Waals surface area contributed by atoms with Crippen LogP contribution in [0.3, 0.4) is 0 Å². The van der Waals surface area contributed by atoms with Crippen molar-refractivity contribution in [1.82, 2.24) is 10.3 Å². The van der Waals surface area contributed by atoms with Crippen LogP contribution in [0, 0.1) is 0 Å². The highest BCUT2D eigenvalue weighted by Gasteiger charge is 2.06. The number of nitrogens with zero attached hydrogens (tertiary/aromatic N) is 1. The Hall–Kier alpha value is -3.28. The molecule has 0 fully saturated rings. The van der Waals surface area contributed by atoms with Crippen molar-refractivity contribution < 1.29 is 14.3 Å². The van der Waals surface area contributed by atoms with Gasteiger partial charge < -0.3 is 20.1 Å². The molecule has 1 heterocycles. The first-order valence-corrected chi connectivity index (χ1v) is 8.30. The second-order valence-corrected chi connectivity index (χ2v) is 5.74. The van der Waals surface area contributed by atoms with E-state index in [1.807, 2.05) is 48.5 Å². The van der Waals surface area contributed by atoms with E-state index in [-0.39, 0.29) is 6.03 Å². The number of ether oxygens (including phenoxy) is 2. The molecule has 0 bridgehead atoms. The molecule has 0 aliphatic heterocycles. The van der Waals surface area contributed by atoms with Crippen LogP contribution in [0.15, 0.2) is 54.7 Å². The Balaban J connectivity index is 1.53. The number of methoxy groups -OCH3 is 2. The lowest BCUT2D eigenvalue weighted by Crippen LogP contribution is -2.30. The van der Waals surface area contributed by atoms with Crippen molar-refractivity contribution in [2.75, 3.05) is 26.1 Å². The van der Waals surface area contributed by atoms with E-state index < -0.39 is 0 Å². The third-order valence-electron chi connectivity index (χ3n) is 4.00. The minimum atomic E-state index is -0.262. The van der Waals surface area contributed by atoms with Crippen molar-refractivity contribution in [3.05, 3.63) is 60.3 Å². The number of hydrogen-bond donors (Lipinski definition) is 2. The highest BCUT2D eigenvalue weighted by Crippen LogP contribution is 2.27. The quantitative estimate of drug-likeness (QED) is 0.711. The van der Waals surface area contributed by atoms with E-state index in [1.54, 1.807) is 20.4 Å². The standard InChI is InChI=1S/C20H21N3O3/c1-25-18-8-7-14(11-19(18)26-2)9-10-21-20(24)23-16-12-15-5-3-4-6-17(15)22-13-16/h3-8,11-13H,9-10H2,1-2H3,(H2,21,23,24). The Kier molecular flexibility index (Phi) is 5.53. The number of aromatic nitrogens is 1. The van der Waals surface area contributed by atoms with E-state index in [4.69, 9.17) is 9.47 Å². The molecule has 6 heteroatoms. The lowest BCUT2D eigenvalue weighted by atomic mass is 10.1. The molecule has 2 amide bonds. The highest BCUT2D eigenvalue weighted by atomic mass is 16.5. The molecule has 0 spiro atoms. The molecule has 0 radical (unpaired) electrons. The molecule has 3 aromatic rings. The van der Waals surface area contributed by atoms with Crippen molar-refractivity contribution >= 4 is 22.6 Å². The van der Waals surface area contributed by atoms with Crippen LogP contribution in [0.2, 0.25) is 0 Å². The summed E-state index contributed by atoms with van der Waals surface area (Å²) in [6.07, 6.45) is 2.33. The predicted molar refractivity (Wildman–Crippen MR) is 102 cm³/mol. The SMILES string of the molecule is COc1ccc(CCNC(=O)Nc2cnc3ccccc3c2)cc1OC. The van der Waals surface area contributed by atoms with Gasteiger partial charge in [0, 0.05) is 11.9 Å². The van der Waals surface area contributed by atoms with E-state index in [0.29, 0.717) is 30.2 Å². The molecule has 6 nitrogen and oxygen atoms in total. The predicted octanol–water partition coefficient (Wildman–Crippen LogP) is 3.62. The van der Waals surface area contributed by atoms with Gasteiger partial charge in [0.2, 0.25) is 0 Å². The van der Waals surface area contributed by atoms with Crippen LogP contribution >= 0.6 is 0 Å². The number of nitrogens with one attached hydrogen (secondary N) is 2. The first-order chi connectivity index (χ1) is 12.7. The van der Waals surface area contributed by atoms with E-state index in [2.05, 4.69) is 15.6 Å². The Labute approximate surface area is 152 Å². The maximum atomic E-state index is 12.1. The number of hydrogen-bond acceptors (Lipinski definition) is 4. The van der Waals surface area contributed by atoms with Gasteiger partial charge in [0.15, 0.2) is 11.5 Å². The molecule has 1 aromatic heterocycles. The fraction of sp³-hybridized carbons (Fsp3) is 0.200. The fourth-order valence-corrected chi connectivity index (χ4v) is 2.67. The smallest absolute Gasteiger partial charge is 0.319 e. The highest BCUT2D eigenvalue weighted by molar-refractivity contribution is 5.91. The van der Waals surface area contributed by atoms with Gasteiger partial charge in [-0.3, -0.25) is 4.98 Å². The molecular weight excluding hydrogens is 330 g/mol. The largest absolute Gasteiger partial charge is 0.493 e. The van der Waals surface area contributed by atoms with E-state index in [0.717, 1.165) is 16.5 Å². The summed E-state index contributed by atoms with van der Waals surface area (Å²) < 4.78 is 10.5. The van der Waals surface area contributed by atoms with Crippen LogP contribution in [-0.4, -0.2) is 31.8 Å². The van der Waals surface area contributed by atoms with Gasteiger partial charge in [-0.25, -0.2) is 4.79 Å². The van der Waals surface area contributed by atoms with Gasteiger partial charge in [-0.05, 0) is 36.2 Å². The van der Waals surface area contributed by atoms with Gasteiger partial charge in [0.25, 0.3) is 0 Å². The third-order valence-corrected chi connectivity index (χ3v) is 4.00. The second-order valence-electron chi connectivity index (χ2n) is 5.74. The molecule has 0 saturated heterocycles. The van der Waals surface area contributed by atoms with Crippen LogP contribution in [0.25, 0.3) is 10.9 Å². The molecule has 0 aliphatic rings. The van der Waals surface area contributed by atoms with Crippen molar-refractivity contribution in [1.29, 1.82) is 0 Å². The average Bonchev–Trinajstić information content (AvgIpc) is 2.67. The maximum absolute atomic E-state index is 12.1. The van der Waals surface area contributed by atoms with Crippen LogP contribution in [-0.2, 0) is 6.42 Å². The molecule has 0 saturated carbocycles. The number of carbonyl (C=O) groups is 1. The number of carbonyl (C=O) groups excluding carboxylic acids is 1. The normalized spacial score (nSPS) is 10.4. The first kappa shape index (κ1) is 17.5. The molecule has 0 unspecified atom stereocenters. The number of benzene rings is 2. The summed E-state index contributed by atoms with van der Waals surface area (Å²) in [4.78, 5) is 16.4. The molecule has 3 rings (SSSR count). The summed E-state index contributed by atoms with van der Waals surface area (Å²) in [6, 6.07) is 15.1. The Morgan fingerprint density at radius 1 is 1.04 bits per heavy atom. The lowest BCUT2D eigenvalue weighted by Gasteiger charge is -2.11. The first-order valence-electron chi connectivity index (χ1n) is 8.30. The van der Waals surface area contributed by atoms with E-state index in [9.17, 15) is 4.79 Å². The monoisotopic (exact) mass is 351 g/mol. The van der Waals surface area contributed by atoms with E-state index in [1.165, 1.54) is 0 Å². The summed E-state index contributed by atoms with van der Waals surface area (Å²) in [5.74, 6) is 1.36. The average molecular weight is 351 g/mol. The van der Waals surface area contributed by atoms with Crippen LogP contribution < -0.4 is 20.1 Å². The van der Waals surface area contributed by atoms with Crippen molar-refractivity contribution in [3.63, 3.8) is 0 Å². The summed E-state index contributed by atoms with van der Waals surface area (Å²) >= 11 is 0. The van der Waals surface area contributed by atoms with Gasteiger partial charge in [-0.1, -0.05) is 24.3 Å². The molecule has 134 valence electrons. The lowest BCUT2D eigenvalue weighted by molar-refractivity contribution is 0.252. The topological polar surface area (TPSA) is 72.5 Å². The molecule has 0 aliphatic carbocycles. The number of amides is 2. The summed E-state index contributed by atoms with van der Waals surface area (Å²) in [5.41, 5.74) is 2.61. The third kappa shape index (κ3) is 4.22. The number of pyridine rings is 1. The van der Waals surface area contributed by atoms with Gasteiger partial charge in [-0.15, -0.1) is 0 Å². The number of para-hydroxylation sites is 1. The molecule has 2 N–H and O–H groups in total. The number of rotatable bonds is 6. The van der Waals surface area contributed by atoms with Crippen LogP contribution in [0.5, 0.6) is 11.5 Å². The van der Waals surface area contributed by atoms with Gasteiger partial charge in [0.1, 0.15) is 0 Å². The molecule has 0 atom stereocenters. The Morgan fingerprint density at radius 3 is 2.65 bits per heavy atom. The number of fused-ring (bicyclic) bond motifs is 1. The van der Waals surface area contributed by atoms with Crippen molar-refractivity contribution in [2.45, 2.75) is 6.42 Å². The summed E-state index contributed by atoms with van der Waals surface area (Å²) in [5, 5.41) is 6.63. The summed E-state index contributed by atoms with van der Waals surface area (Å²) in [6.45, 7) is 0.502. The van der Waals surface area contributed by atoms with Gasteiger partial charge >= 0.3 is 6.03 Å². The van der Waals surface area contributed by atoms with Crippen molar-refractivity contribution in [3.8, 4) is 11.5 Å². The maximum Gasteiger partial charge on any atom is 0.319 e. The van der Waals surface area contributed by atoms with E-state index >= 15 is 0 Å². The van der Waals surface area contributed by atoms with Gasteiger partial charge in [0.05, 0.1) is 31.6 Å². The molecule has 2 aromatic carbocycles. The Bertz CT molecular complexity index is 912. The minimum absolute atomic E-state index is 0.262. The van der Waals surface area contributed by atoms with Crippen molar-refractivity contribution in [2.24, 2.45) is 0 Å². The molecular formula is C20H21N3O3. The zero-order valence-corrected chi connectivity index (χ0v) is 14.8. The summed E-state index contributed by atoms with van der Waals surface area (Å²) in [7, 11) is 3.20. The van der Waals surface area contributed by atoms with Crippen LogP contribution in [0.1, 0.15) is 5.56 Å². The number of urea groups is 1. The second kappa shape index (κ2) is 8.20. The number of anilines is 1. The zero-order valence-electron chi connectivity index (χ0n) is 14.8. The molecule has 26 heavy (non-hydrogen) atoms. The van der Waals surface area contributed by atoms with Crippen LogP contribution in [0.4, 0.5) is 10.5 Å². The fourth-order valence-electron chi connectivity index (χ4n) is 2.67. The minimum Gasteiger partial charge on any atom is -0.493 e. The van der Waals surface area contributed by atoms with Gasteiger partial charge in [-0.2, -0.15) is 0 Å².